The second-order valence-corrected chi connectivity index (χ2v) is 8.97. The Labute approximate surface area is 164 Å². The first kappa shape index (κ1) is 20.0. The summed E-state index contributed by atoms with van der Waals surface area (Å²) in [6.07, 6.45) is 3.16. The van der Waals surface area contributed by atoms with Crippen LogP contribution in [0.3, 0.4) is 0 Å². The second-order valence-electron chi connectivity index (χ2n) is 7.77. The molecule has 2 aromatic rings. The highest BCUT2D eigenvalue weighted by Crippen LogP contribution is 2.26. The van der Waals surface area contributed by atoms with E-state index in [4.69, 9.17) is 9.72 Å². The summed E-state index contributed by atoms with van der Waals surface area (Å²) in [5.41, 5.74) is 0.832. The predicted octanol–water partition coefficient (Wildman–Crippen LogP) is 3.26. The van der Waals surface area contributed by atoms with E-state index < -0.39 is 0 Å². The third-order valence-corrected chi connectivity index (χ3v) is 6.28. The first-order valence-electron chi connectivity index (χ1n) is 9.74. The number of aromatic nitrogens is 2. The minimum atomic E-state index is -0.369. The van der Waals surface area contributed by atoms with E-state index in [0.717, 1.165) is 34.8 Å². The molecule has 0 bridgehead atoms. The van der Waals surface area contributed by atoms with Gasteiger partial charge in [-0.15, -0.1) is 11.3 Å². The highest BCUT2D eigenvalue weighted by Gasteiger charge is 2.21. The molecule has 6 nitrogen and oxygen atoms in total. The number of thiophene rings is 1. The monoisotopic (exact) mass is 391 g/mol. The molecule has 0 saturated carbocycles. The zero-order chi connectivity index (χ0) is 19.6. The van der Waals surface area contributed by atoms with E-state index in [9.17, 15) is 9.59 Å². The van der Waals surface area contributed by atoms with Gasteiger partial charge < -0.3 is 4.74 Å². The van der Waals surface area contributed by atoms with Crippen molar-refractivity contribution in [2.45, 2.75) is 60.0 Å². The van der Waals surface area contributed by atoms with Crippen LogP contribution in [0.4, 0.5) is 0 Å². The Morgan fingerprint density at radius 2 is 1.96 bits per heavy atom. The molecule has 0 N–H and O–H groups in total. The molecule has 1 aliphatic heterocycles. The number of fused-ring (bicyclic) bond motifs is 1. The summed E-state index contributed by atoms with van der Waals surface area (Å²) in [4.78, 5) is 34.5. The van der Waals surface area contributed by atoms with Crippen LogP contribution < -0.4 is 5.56 Å². The number of nitrogens with zero attached hydrogens (tertiary/aromatic N) is 3. The number of hydrogen-bond donors (Lipinski definition) is 0. The zero-order valence-electron chi connectivity index (χ0n) is 16.7. The summed E-state index contributed by atoms with van der Waals surface area (Å²) < 4.78 is 6.87. The first-order chi connectivity index (χ1) is 12.9. The van der Waals surface area contributed by atoms with Gasteiger partial charge in [0, 0.05) is 4.88 Å². The molecule has 27 heavy (non-hydrogen) atoms. The van der Waals surface area contributed by atoms with Crippen molar-refractivity contribution in [3.8, 4) is 0 Å². The van der Waals surface area contributed by atoms with Crippen molar-refractivity contribution < 1.29 is 9.53 Å². The van der Waals surface area contributed by atoms with E-state index >= 15 is 0 Å². The Hall–Kier alpha value is -1.73. The van der Waals surface area contributed by atoms with Crippen LogP contribution in [0.15, 0.2) is 4.79 Å². The fraction of sp³-hybridized carbons (Fsp3) is 0.650. The number of hydrogen-bond acceptors (Lipinski definition) is 6. The van der Waals surface area contributed by atoms with Crippen LogP contribution in [0.1, 0.15) is 49.4 Å². The molecule has 0 atom stereocenters. The van der Waals surface area contributed by atoms with Gasteiger partial charge in [0.2, 0.25) is 0 Å². The maximum Gasteiger partial charge on any atom is 0.326 e. The third-order valence-electron chi connectivity index (χ3n) is 5.18. The fourth-order valence-electron chi connectivity index (χ4n) is 3.38. The normalized spacial score (nSPS) is 15.1. The van der Waals surface area contributed by atoms with Crippen molar-refractivity contribution in [1.82, 2.24) is 14.5 Å². The van der Waals surface area contributed by atoms with Crippen molar-refractivity contribution in [2.24, 2.45) is 5.92 Å². The third kappa shape index (κ3) is 4.58. The summed E-state index contributed by atoms with van der Waals surface area (Å²) in [5, 5.41) is 0.637. The topological polar surface area (TPSA) is 64.4 Å². The standard InChI is InChI=1S/C20H29N3O3S/c1-13(2)7-10-26-17(24)12-23-16(11-22-8-5-6-9-22)21-19-18(20(23)25)14(3)15(4)27-19/h13H,5-12H2,1-4H3. The summed E-state index contributed by atoms with van der Waals surface area (Å²) in [7, 11) is 0. The minimum Gasteiger partial charge on any atom is -0.464 e. The molecule has 1 saturated heterocycles. The lowest BCUT2D eigenvalue weighted by Gasteiger charge is -2.18. The van der Waals surface area contributed by atoms with E-state index in [2.05, 4.69) is 18.7 Å². The molecule has 0 spiro atoms. The average Bonchev–Trinajstić information content (AvgIpc) is 3.19. The number of likely N-dealkylation sites (tertiary alicyclic amines) is 1. The van der Waals surface area contributed by atoms with Gasteiger partial charge in [0.1, 0.15) is 17.2 Å². The van der Waals surface area contributed by atoms with Crippen LogP contribution in [-0.4, -0.2) is 40.1 Å². The second kappa shape index (κ2) is 8.52. The van der Waals surface area contributed by atoms with Gasteiger partial charge in [-0.3, -0.25) is 19.1 Å². The van der Waals surface area contributed by atoms with Gasteiger partial charge >= 0.3 is 5.97 Å². The molecular weight excluding hydrogens is 362 g/mol. The van der Waals surface area contributed by atoms with Gasteiger partial charge in [0.25, 0.3) is 5.56 Å². The average molecular weight is 392 g/mol. The van der Waals surface area contributed by atoms with E-state index in [1.807, 2.05) is 13.8 Å². The lowest BCUT2D eigenvalue weighted by Crippen LogP contribution is -2.32. The zero-order valence-corrected chi connectivity index (χ0v) is 17.5. The number of carbonyl (C=O) groups is 1. The molecule has 3 rings (SSSR count). The molecule has 0 unspecified atom stereocenters. The lowest BCUT2D eigenvalue weighted by molar-refractivity contribution is -0.144. The summed E-state index contributed by atoms with van der Waals surface area (Å²) in [6, 6.07) is 0. The van der Waals surface area contributed by atoms with Gasteiger partial charge in [-0.1, -0.05) is 13.8 Å². The molecule has 148 valence electrons. The van der Waals surface area contributed by atoms with E-state index in [1.165, 1.54) is 17.4 Å². The summed E-state index contributed by atoms with van der Waals surface area (Å²) in [5.74, 6) is 0.767. The van der Waals surface area contributed by atoms with Gasteiger partial charge in [0.15, 0.2) is 0 Å². The highest BCUT2D eigenvalue weighted by molar-refractivity contribution is 7.18. The van der Waals surface area contributed by atoms with Crippen molar-refractivity contribution in [2.75, 3.05) is 19.7 Å². The fourth-order valence-corrected chi connectivity index (χ4v) is 4.42. The Balaban J connectivity index is 1.91. The smallest absolute Gasteiger partial charge is 0.326 e. The molecule has 0 aromatic carbocycles. The quantitative estimate of drug-likeness (QED) is 0.678. The number of esters is 1. The molecule has 7 heteroatoms. The van der Waals surface area contributed by atoms with Crippen molar-refractivity contribution in [1.29, 1.82) is 0 Å². The number of aryl methyl sites for hydroxylation is 2. The molecule has 0 radical (unpaired) electrons. The van der Waals surface area contributed by atoms with Crippen molar-refractivity contribution in [3.63, 3.8) is 0 Å². The first-order valence-corrected chi connectivity index (χ1v) is 10.6. The van der Waals surface area contributed by atoms with Crippen molar-refractivity contribution in [3.05, 3.63) is 26.6 Å². The van der Waals surface area contributed by atoms with Crippen LogP contribution in [0.25, 0.3) is 10.2 Å². The lowest BCUT2D eigenvalue weighted by atomic mass is 10.1. The molecule has 1 aliphatic rings. The van der Waals surface area contributed by atoms with E-state index in [-0.39, 0.29) is 18.1 Å². The van der Waals surface area contributed by atoms with Crippen LogP contribution in [0.2, 0.25) is 0 Å². The van der Waals surface area contributed by atoms with E-state index in [0.29, 0.717) is 30.3 Å². The summed E-state index contributed by atoms with van der Waals surface area (Å²) >= 11 is 1.55. The van der Waals surface area contributed by atoms with Crippen molar-refractivity contribution >= 4 is 27.5 Å². The Morgan fingerprint density at radius 3 is 2.63 bits per heavy atom. The van der Waals surface area contributed by atoms with Gasteiger partial charge in [-0.05, 0) is 57.7 Å². The molecular formula is C20H29N3O3S. The number of ether oxygens (including phenoxy) is 1. The minimum absolute atomic E-state index is 0.0720. The van der Waals surface area contributed by atoms with Gasteiger partial charge in [-0.2, -0.15) is 0 Å². The maximum absolute atomic E-state index is 13.2. The molecule has 0 amide bonds. The largest absolute Gasteiger partial charge is 0.464 e. The van der Waals surface area contributed by atoms with Gasteiger partial charge in [-0.25, -0.2) is 4.98 Å². The SMILES string of the molecule is Cc1sc2nc(CN3CCCC3)n(CC(=O)OCCC(C)C)c(=O)c2c1C. The number of rotatable bonds is 7. The van der Waals surface area contributed by atoms with Gasteiger partial charge in [0.05, 0.1) is 18.5 Å². The van der Waals surface area contributed by atoms with E-state index in [1.54, 1.807) is 11.3 Å². The Bertz CT molecular complexity index is 879. The Morgan fingerprint density at radius 1 is 1.26 bits per heavy atom. The highest BCUT2D eigenvalue weighted by atomic mass is 32.1. The van der Waals surface area contributed by atoms with Crippen LogP contribution in [0.5, 0.6) is 0 Å². The Kier molecular flexibility index (Phi) is 6.32. The maximum atomic E-state index is 13.2. The van der Waals surface area contributed by atoms with Crippen LogP contribution in [0, 0.1) is 19.8 Å². The molecule has 1 fully saturated rings. The molecule has 3 heterocycles. The summed E-state index contributed by atoms with van der Waals surface area (Å²) in [6.45, 7) is 11.1. The molecule has 2 aromatic heterocycles. The molecule has 0 aliphatic carbocycles. The van der Waals surface area contributed by atoms with Crippen LogP contribution >= 0.6 is 11.3 Å². The number of carbonyl (C=O) groups excluding carboxylic acids is 1. The van der Waals surface area contributed by atoms with Crippen LogP contribution in [-0.2, 0) is 22.6 Å². The predicted molar refractivity (Wildman–Crippen MR) is 108 cm³/mol.